The van der Waals surface area contributed by atoms with Crippen LogP contribution in [0.4, 0.5) is 0 Å². The highest BCUT2D eigenvalue weighted by molar-refractivity contribution is 9.10. The van der Waals surface area contributed by atoms with Crippen LogP contribution < -0.4 is 5.56 Å². The minimum Gasteiger partial charge on any atom is -0.477 e. The summed E-state index contributed by atoms with van der Waals surface area (Å²) >= 11 is 3.30. The highest BCUT2D eigenvalue weighted by Crippen LogP contribution is 2.13. The largest absolute Gasteiger partial charge is 0.477 e. The molecule has 0 saturated heterocycles. The molecule has 0 amide bonds. The number of halogens is 1. The average molecular weight is 308 g/mol. The van der Waals surface area contributed by atoms with Crippen LogP contribution in [0.1, 0.15) is 15.9 Å². The fraction of sp³-hybridized carbons (Fsp3) is 0.0769. The van der Waals surface area contributed by atoms with Crippen LogP contribution in [0.2, 0.25) is 0 Å². The summed E-state index contributed by atoms with van der Waals surface area (Å²) in [6.07, 6.45) is 1.58. The molecule has 2 rings (SSSR count). The molecule has 1 N–H and O–H groups in total. The molecule has 0 unspecified atom stereocenters. The van der Waals surface area contributed by atoms with Crippen molar-refractivity contribution in [2.75, 3.05) is 0 Å². The Kier molecular flexibility index (Phi) is 3.34. The van der Waals surface area contributed by atoms with E-state index >= 15 is 0 Å². The van der Waals surface area contributed by atoms with Crippen LogP contribution in [0, 0.1) is 6.92 Å². The van der Waals surface area contributed by atoms with Crippen LogP contribution in [-0.2, 0) is 0 Å². The zero-order chi connectivity index (χ0) is 13.3. The van der Waals surface area contributed by atoms with Gasteiger partial charge in [-0.2, -0.15) is 0 Å². The van der Waals surface area contributed by atoms with Gasteiger partial charge in [-0.15, -0.1) is 0 Å². The molecule has 0 fully saturated rings. The van der Waals surface area contributed by atoms with E-state index < -0.39 is 11.5 Å². The van der Waals surface area contributed by atoms with Crippen LogP contribution in [-0.4, -0.2) is 15.6 Å². The molecule has 0 saturated carbocycles. The number of rotatable bonds is 2. The molecule has 0 aliphatic heterocycles. The minimum atomic E-state index is -1.20. The van der Waals surface area contributed by atoms with Crippen molar-refractivity contribution >= 4 is 21.9 Å². The van der Waals surface area contributed by atoms with Gasteiger partial charge in [-0.3, -0.25) is 9.36 Å². The van der Waals surface area contributed by atoms with Gasteiger partial charge in [0.25, 0.3) is 5.56 Å². The lowest BCUT2D eigenvalue weighted by Gasteiger charge is -2.08. The summed E-state index contributed by atoms with van der Waals surface area (Å²) in [5, 5.41) is 9.04. The Morgan fingerprint density at radius 3 is 2.39 bits per heavy atom. The van der Waals surface area contributed by atoms with Gasteiger partial charge < -0.3 is 5.11 Å². The van der Waals surface area contributed by atoms with Gasteiger partial charge in [0.2, 0.25) is 0 Å². The molecule has 4 nitrogen and oxygen atoms in total. The second kappa shape index (κ2) is 4.78. The van der Waals surface area contributed by atoms with Gasteiger partial charge in [-0.05, 0) is 42.8 Å². The van der Waals surface area contributed by atoms with Gasteiger partial charge in [0.15, 0.2) is 0 Å². The summed E-state index contributed by atoms with van der Waals surface area (Å²) in [6, 6.07) is 8.69. The zero-order valence-electron chi connectivity index (χ0n) is 9.55. The van der Waals surface area contributed by atoms with Crippen LogP contribution in [0.25, 0.3) is 5.69 Å². The first-order chi connectivity index (χ1) is 8.50. The van der Waals surface area contributed by atoms with Crippen molar-refractivity contribution in [3.8, 4) is 5.69 Å². The van der Waals surface area contributed by atoms with E-state index in [4.69, 9.17) is 5.11 Å². The summed E-state index contributed by atoms with van der Waals surface area (Å²) in [4.78, 5) is 23.1. The quantitative estimate of drug-likeness (QED) is 0.927. The summed E-state index contributed by atoms with van der Waals surface area (Å²) in [6.45, 7) is 1.61. The zero-order valence-corrected chi connectivity index (χ0v) is 11.1. The van der Waals surface area contributed by atoms with Crippen molar-refractivity contribution in [3.63, 3.8) is 0 Å². The first-order valence-corrected chi connectivity index (χ1v) is 6.01. The van der Waals surface area contributed by atoms with Gasteiger partial charge in [0, 0.05) is 16.4 Å². The Hall–Kier alpha value is -1.88. The molecule has 0 aliphatic rings. The van der Waals surface area contributed by atoms with Gasteiger partial charge >= 0.3 is 5.97 Å². The van der Waals surface area contributed by atoms with Gasteiger partial charge in [-0.1, -0.05) is 15.9 Å². The molecule has 0 spiro atoms. The Morgan fingerprint density at radius 2 is 1.83 bits per heavy atom. The van der Waals surface area contributed by atoms with Gasteiger partial charge in [0.1, 0.15) is 5.56 Å². The Bertz CT molecular complexity index is 659. The number of aromatic carboxylic acids is 1. The monoisotopic (exact) mass is 307 g/mol. The number of aromatic nitrogens is 1. The average Bonchev–Trinajstić information content (AvgIpc) is 2.30. The first kappa shape index (κ1) is 12.6. The van der Waals surface area contributed by atoms with Crippen molar-refractivity contribution in [1.82, 2.24) is 4.57 Å². The molecule has 0 radical (unpaired) electrons. The Labute approximate surface area is 112 Å². The molecular formula is C13H10BrNO3. The van der Waals surface area contributed by atoms with Gasteiger partial charge in [0.05, 0.1) is 0 Å². The first-order valence-electron chi connectivity index (χ1n) is 5.22. The van der Waals surface area contributed by atoms with Crippen molar-refractivity contribution in [2.45, 2.75) is 6.92 Å². The Morgan fingerprint density at radius 1 is 1.22 bits per heavy atom. The molecule has 0 bridgehead atoms. The number of hydrogen-bond donors (Lipinski definition) is 1. The summed E-state index contributed by atoms with van der Waals surface area (Å²) in [5.74, 6) is -1.20. The number of carbonyl (C=O) groups is 1. The molecule has 18 heavy (non-hydrogen) atoms. The van der Waals surface area contributed by atoms with E-state index in [0.29, 0.717) is 11.3 Å². The fourth-order valence-electron chi connectivity index (χ4n) is 1.69. The highest BCUT2D eigenvalue weighted by atomic mass is 79.9. The number of benzene rings is 1. The van der Waals surface area contributed by atoms with Crippen LogP contribution in [0.3, 0.4) is 0 Å². The number of aryl methyl sites for hydroxylation is 1. The molecular weight excluding hydrogens is 298 g/mol. The number of carboxylic acid groups (broad SMARTS) is 1. The van der Waals surface area contributed by atoms with Gasteiger partial charge in [-0.25, -0.2) is 4.79 Å². The molecule has 1 heterocycles. The lowest BCUT2D eigenvalue weighted by atomic mass is 10.1. The van der Waals surface area contributed by atoms with Crippen LogP contribution >= 0.6 is 15.9 Å². The summed E-state index contributed by atoms with van der Waals surface area (Å²) < 4.78 is 2.22. The third-order valence-corrected chi connectivity index (χ3v) is 3.15. The third kappa shape index (κ3) is 2.22. The number of pyridine rings is 1. The number of nitrogens with zero attached hydrogens (tertiary/aromatic N) is 1. The lowest BCUT2D eigenvalue weighted by Crippen LogP contribution is -2.25. The predicted molar refractivity (Wildman–Crippen MR) is 71.4 cm³/mol. The summed E-state index contributed by atoms with van der Waals surface area (Å²) in [5.41, 5.74) is 0.372. The van der Waals surface area contributed by atoms with Crippen LogP contribution in [0.15, 0.2) is 45.8 Å². The molecule has 2 aromatic rings. The second-order valence-corrected chi connectivity index (χ2v) is 4.75. The SMILES string of the molecule is Cc1ccn(-c2ccc(Br)cc2)c(=O)c1C(=O)O. The van der Waals surface area contributed by atoms with E-state index in [1.807, 2.05) is 0 Å². The molecule has 1 aromatic carbocycles. The van der Waals surface area contributed by atoms with E-state index in [-0.39, 0.29) is 5.56 Å². The minimum absolute atomic E-state index is 0.194. The van der Waals surface area contributed by atoms with Crippen molar-refractivity contribution in [2.24, 2.45) is 0 Å². The highest BCUT2D eigenvalue weighted by Gasteiger charge is 2.14. The van der Waals surface area contributed by atoms with Crippen molar-refractivity contribution in [3.05, 3.63) is 62.5 Å². The maximum absolute atomic E-state index is 12.1. The number of carboxylic acids is 1. The van der Waals surface area contributed by atoms with E-state index in [2.05, 4.69) is 15.9 Å². The standard InChI is InChI=1S/C13H10BrNO3/c1-8-6-7-15(12(16)11(8)13(17)18)10-4-2-9(14)3-5-10/h2-7H,1H3,(H,17,18). The number of hydrogen-bond acceptors (Lipinski definition) is 2. The molecule has 92 valence electrons. The molecule has 0 atom stereocenters. The summed E-state index contributed by atoms with van der Waals surface area (Å²) in [7, 11) is 0. The molecule has 0 aliphatic carbocycles. The lowest BCUT2D eigenvalue weighted by molar-refractivity contribution is 0.0694. The van der Waals surface area contributed by atoms with Crippen molar-refractivity contribution < 1.29 is 9.90 Å². The normalized spacial score (nSPS) is 10.3. The predicted octanol–water partition coefficient (Wildman–Crippen LogP) is 2.61. The van der Waals surface area contributed by atoms with E-state index in [1.54, 1.807) is 43.5 Å². The maximum atomic E-state index is 12.1. The maximum Gasteiger partial charge on any atom is 0.341 e. The van der Waals surface area contributed by atoms with E-state index in [0.717, 1.165) is 4.47 Å². The third-order valence-electron chi connectivity index (χ3n) is 2.62. The molecule has 1 aromatic heterocycles. The smallest absolute Gasteiger partial charge is 0.341 e. The van der Waals surface area contributed by atoms with Crippen molar-refractivity contribution in [1.29, 1.82) is 0 Å². The molecule has 5 heteroatoms. The van der Waals surface area contributed by atoms with E-state index in [1.165, 1.54) is 4.57 Å². The topological polar surface area (TPSA) is 59.3 Å². The van der Waals surface area contributed by atoms with Crippen LogP contribution in [0.5, 0.6) is 0 Å². The Balaban J connectivity index is 2.67. The van der Waals surface area contributed by atoms with E-state index in [9.17, 15) is 9.59 Å². The fourth-order valence-corrected chi connectivity index (χ4v) is 1.96. The second-order valence-electron chi connectivity index (χ2n) is 3.83.